The standard InChI is InChI=1S/C20H26N8O2/c1-3-28-20-18(24-25-28)19(21-14-22-20)27-11-9-26(10-12-27)13-17(29)23-15-7-5-6-8-16(15)30-4-2/h5-8,14H,3-4,9-13H2,1-2H3,(H,23,29). The number of hydrogen-bond donors (Lipinski definition) is 1. The molecular weight excluding hydrogens is 384 g/mol. The zero-order valence-electron chi connectivity index (χ0n) is 17.3. The predicted octanol–water partition coefficient (Wildman–Crippen LogP) is 1.40. The summed E-state index contributed by atoms with van der Waals surface area (Å²) in [6, 6.07) is 7.48. The number of ether oxygens (including phenoxy) is 1. The first-order valence-corrected chi connectivity index (χ1v) is 10.2. The van der Waals surface area contributed by atoms with E-state index in [1.54, 1.807) is 11.0 Å². The fourth-order valence-corrected chi connectivity index (χ4v) is 3.59. The van der Waals surface area contributed by atoms with E-state index in [2.05, 4.69) is 35.4 Å². The van der Waals surface area contributed by atoms with Crippen molar-refractivity contribution in [3.63, 3.8) is 0 Å². The first kappa shape index (κ1) is 20.0. The van der Waals surface area contributed by atoms with Crippen molar-refractivity contribution in [1.82, 2.24) is 29.9 Å². The van der Waals surface area contributed by atoms with E-state index >= 15 is 0 Å². The van der Waals surface area contributed by atoms with Crippen LogP contribution in [0.25, 0.3) is 11.2 Å². The lowest BCUT2D eigenvalue weighted by atomic mass is 10.2. The molecule has 1 fully saturated rings. The fourth-order valence-electron chi connectivity index (χ4n) is 3.59. The number of piperazine rings is 1. The van der Waals surface area contributed by atoms with Crippen molar-refractivity contribution in [3.05, 3.63) is 30.6 Å². The van der Waals surface area contributed by atoms with E-state index in [-0.39, 0.29) is 5.91 Å². The number of anilines is 2. The smallest absolute Gasteiger partial charge is 0.238 e. The van der Waals surface area contributed by atoms with E-state index < -0.39 is 0 Å². The molecule has 3 heterocycles. The molecule has 1 saturated heterocycles. The Morgan fingerprint density at radius 3 is 2.70 bits per heavy atom. The number of benzene rings is 1. The van der Waals surface area contributed by atoms with E-state index in [0.717, 1.165) is 43.2 Å². The maximum absolute atomic E-state index is 12.5. The number of aryl methyl sites for hydroxylation is 1. The predicted molar refractivity (Wildman–Crippen MR) is 114 cm³/mol. The number of carbonyl (C=O) groups excluding carboxylic acids is 1. The molecule has 3 aromatic rings. The van der Waals surface area contributed by atoms with E-state index in [1.165, 1.54) is 0 Å². The maximum atomic E-state index is 12.5. The van der Waals surface area contributed by atoms with Crippen molar-refractivity contribution in [2.24, 2.45) is 0 Å². The second-order valence-electron chi connectivity index (χ2n) is 7.02. The highest BCUT2D eigenvalue weighted by molar-refractivity contribution is 5.93. The Kier molecular flexibility index (Phi) is 6.03. The second kappa shape index (κ2) is 9.04. The molecule has 0 unspecified atom stereocenters. The van der Waals surface area contributed by atoms with Gasteiger partial charge in [0.05, 0.1) is 18.8 Å². The zero-order chi connectivity index (χ0) is 20.9. The third-order valence-corrected chi connectivity index (χ3v) is 5.08. The number of para-hydroxylation sites is 2. The van der Waals surface area contributed by atoms with Gasteiger partial charge in [-0.05, 0) is 26.0 Å². The van der Waals surface area contributed by atoms with Crippen LogP contribution in [0.5, 0.6) is 5.75 Å². The van der Waals surface area contributed by atoms with Crippen molar-refractivity contribution >= 4 is 28.6 Å². The quantitative estimate of drug-likeness (QED) is 0.624. The van der Waals surface area contributed by atoms with E-state index in [0.29, 0.717) is 31.1 Å². The number of nitrogens with zero attached hydrogens (tertiary/aromatic N) is 7. The molecule has 1 aromatic carbocycles. The topological polar surface area (TPSA) is 101 Å². The summed E-state index contributed by atoms with van der Waals surface area (Å²) in [5, 5.41) is 11.4. The molecule has 10 heteroatoms. The summed E-state index contributed by atoms with van der Waals surface area (Å²) < 4.78 is 7.34. The van der Waals surface area contributed by atoms with Gasteiger partial charge in [-0.2, -0.15) is 0 Å². The highest BCUT2D eigenvalue weighted by Crippen LogP contribution is 2.24. The summed E-state index contributed by atoms with van der Waals surface area (Å²) in [5.74, 6) is 1.44. The van der Waals surface area contributed by atoms with Gasteiger partial charge in [-0.15, -0.1) is 5.10 Å². The van der Waals surface area contributed by atoms with Crippen LogP contribution in [-0.2, 0) is 11.3 Å². The summed E-state index contributed by atoms with van der Waals surface area (Å²) in [5.41, 5.74) is 2.17. The summed E-state index contributed by atoms with van der Waals surface area (Å²) in [6.45, 7) is 8.56. The van der Waals surface area contributed by atoms with Crippen LogP contribution in [0.3, 0.4) is 0 Å². The van der Waals surface area contributed by atoms with Crippen LogP contribution in [0.1, 0.15) is 13.8 Å². The van der Waals surface area contributed by atoms with Crippen molar-refractivity contribution in [3.8, 4) is 5.75 Å². The van der Waals surface area contributed by atoms with Crippen molar-refractivity contribution in [2.45, 2.75) is 20.4 Å². The zero-order valence-corrected chi connectivity index (χ0v) is 17.3. The van der Waals surface area contributed by atoms with Crippen molar-refractivity contribution in [2.75, 3.05) is 49.5 Å². The molecule has 0 atom stereocenters. The SMILES string of the molecule is CCOc1ccccc1NC(=O)CN1CCN(c2ncnc3c2nnn3CC)CC1. The minimum atomic E-state index is -0.0501. The van der Waals surface area contributed by atoms with E-state index in [9.17, 15) is 4.79 Å². The van der Waals surface area contributed by atoms with Crippen LogP contribution in [0.15, 0.2) is 30.6 Å². The third kappa shape index (κ3) is 4.18. The Bertz CT molecular complexity index is 1010. The minimum Gasteiger partial charge on any atom is -0.492 e. The van der Waals surface area contributed by atoms with Crippen LogP contribution in [0.4, 0.5) is 11.5 Å². The molecule has 1 amide bonds. The average Bonchev–Trinajstić information content (AvgIpc) is 3.19. The fraction of sp³-hybridized carbons (Fsp3) is 0.450. The molecule has 0 radical (unpaired) electrons. The highest BCUT2D eigenvalue weighted by atomic mass is 16.5. The van der Waals surface area contributed by atoms with Crippen LogP contribution in [-0.4, -0.2) is 75.1 Å². The molecule has 10 nitrogen and oxygen atoms in total. The number of carbonyl (C=O) groups is 1. The molecule has 1 aliphatic rings. The number of rotatable bonds is 7. The monoisotopic (exact) mass is 410 g/mol. The van der Waals surface area contributed by atoms with Gasteiger partial charge >= 0.3 is 0 Å². The molecule has 0 saturated carbocycles. The van der Waals surface area contributed by atoms with Gasteiger partial charge in [0, 0.05) is 32.7 Å². The van der Waals surface area contributed by atoms with Gasteiger partial charge < -0.3 is 15.0 Å². The lowest BCUT2D eigenvalue weighted by Crippen LogP contribution is -2.49. The molecule has 4 rings (SSSR count). The van der Waals surface area contributed by atoms with Gasteiger partial charge in [0.2, 0.25) is 5.91 Å². The van der Waals surface area contributed by atoms with Gasteiger partial charge in [-0.3, -0.25) is 9.69 Å². The molecule has 1 N–H and O–H groups in total. The normalized spacial score (nSPS) is 14.8. The Morgan fingerprint density at radius 2 is 1.93 bits per heavy atom. The molecule has 0 spiro atoms. The number of hydrogen-bond acceptors (Lipinski definition) is 8. The highest BCUT2D eigenvalue weighted by Gasteiger charge is 2.23. The Labute approximate surface area is 174 Å². The Hall–Kier alpha value is -3.27. The van der Waals surface area contributed by atoms with Gasteiger partial charge in [0.25, 0.3) is 0 Å². The lowest BCUT2D eigenvalue weighted by Gasteiger charge is -2.34. The lowest BCUT2D eigenvalue weighted by molar-refractivity contribution is -0.117. The van der Waals surface area contributed by atoms with Gasteiger partial charge in [-0.25, -0.2) is 14.6 Å². The molecule has 0 bridgehead atoms. The number of aromatic nitrogens is 5. The molecule has 158 valence electrons. The molecule has 2 aromatic heterocycles. The average molecular weight is 410 g/mol. The second-order valence-corrected chi connectivity index (χ2v) is 7.02. The summed E-state index contributed by atoms with van der Waals surface area (Å²) in [7, 11) is 0. The Morgan fingerprint density at radius 1 is 1.13 bits per heavy atom. The number of amides is 1. The molecule has 0 aliphatic carbocycles. The molecule has 1 aliphatic heterocycles. The summed E-state index contributed by atoms with van der Waals surface area (Å²) in [4.78, 5) is 25.6. The van der Waals surface area contributed by atoms with Crippen molar-refractivity contribution in [1.29, 1.82) is 0 Å². The number of nitrogens with one attached hydrogen (secondary N) is 1. The summed E-state index contributed by atoms with van der Waals surface area (Å²) in [6.07, 6.45) is 1.56. The number of fused-ring (bicyclic) bond motifs is 1. The first-order valence-electron chi connectivity index (χ1n) is 10.2. The van der Waals surface area contributed by atoms with E-state index in [4.69, 9.17) is 4.74 Å². The van der Waals surface area contributed by atoms with Gasteiger partial charge in [-0.1, -0.05) is 17.3 Å². The molecule has 30 heavy (non-hydrogen) atoms. The van der Waals surface area contributed by atoms with Crippen LogP contribution in [0.2, 0.25) is 0 Å². The third-order valence-electron chi connectivity index (χ3n) is 5.08. The van der Waals surface area contributed by atoms with Crippen LogP contribution < -0.4 is 15.0 Å². The van der Waals surface area contributed by atoms with Crippen LogP contribution >= 0.6 is 0 Å². The van der Waals surface area contributed by atoms with Gasteiger partial charge in [0.1, 0.15) is 12.1 Å². The summed E-state index contributed by atoms with van der Waals surface area (Å²) >= 11 is 0. The Balaban J connectivity index is 1.35. The van der Waals surface area contributed by atoms with Crippen LogP contribution in [0, 0.1) is 0 Å². The molecular formula is C20H26N8O2. The van der Waals surface area contributed by atoms with Gasteiger partial charge in [0.15, 0.2) is 17.0 Å². The maximum Gasteiger partial charge on any atom is 0.238 e. The largest absolute Gasteiger partial charge is 0.492 e. The minimum absolute atomic E-state index is 0.0501. The first-order chi connectivity index (χ1) is 14.7. The van der Waals surface area contributed by atoms with E-state index in [1.807, 2.05) is 38.1 Å². The van der Waals surface area contributed by atoms with Crippen molar-refractivity contribution < 1.29 is 9.53 Å².